The lowest BCUT2D eigenvalue weighted by Crippen LogP contribution is -2.22. The molecule has 0 radical (unpaired) electrons. The van der Waals surface area contributed by atoms with Gasteiger partial charge in [-0.05, 0) is 18.2 Å². The first-order valence-electron chi connectivity index (χ1n) is 4.95. The average molecular weight is 216 g/mol. The second kappa shape index (κ2) is 4.57. The Morgan fingerprint density at radius 3 is 2.94 bits per heavy atom. The second-order valence-electron chi connectivity index (χ2n) is 3.28. The van der Waals surface area contributed by atoms with E-state index in [4.69, 9.17) is 0 Å². The summed E-state index contributed by atoms with van der Waals surface area (Å²) >= 11 is 0. The summed E-state index contributed by atoms with van der Waals surface area (Å²) in [6, 6.07) is 8.72. The molecule has 5 heteroatoms. The van der Waals surface area contributed by atoms with Crippen LogP contribution in [-0.2, 0) is 6.54 Å². The molecule has 0 aliphatic rings. The van der Waals surface area contributed by atoms with E-state index >= 15 is 0 Å². The normalized spacial score (nSPS) is 10.1. The lowest BCUT2D eigenvalue weighted by molar-refractivity contribution is 0.628. The highest BCUT2D eigenvalue weighted by atomic mass is 16.1. The zero-order valence-electron chi connectivity index (χ0n) is 8.92. The van der Waals surface area contributed by atoms with E-state index in [1.54, 1.807) is 19.3 Å². The second-order valence-corrected chi connectivity index (χ2v) is 3.28. The van der Waals surface area contributed by atoms with Gasteiger partial charge in [0.25, 0.3) is 5.56 Å². The molecule has 2 rings (SSSR count). The van der Waals surface area contributed by atoms with Crippen LogP contribution in [0.2, 0.25) is 0 Å². The molecule has 0 amide bonds. The Bertz CT molecular complexity index is 535. The third kappa shape index (κ3) is 2.25. The predicted octanol–water partition coefficient (Wildman–Crippen LogP) is 0.728. The molecule has 0 saturated heterocycles. The summed E-state index contributed by atoms with van der Waals surface area (Å²) in [6.45, 7) is 0.384. The number of aromatic nitrogens is 3. The minimum absolute atomic E-state index is 0.126. The fraction of sp³-hybridized carbons (Fsp3) is 0.182. The molecule has 2 aromatic rings. The van der Waals surface area contributed by atoms with Crippen molar-refractivity contribution in [3.8, 4) is 0 Å². The highest BCUT2D eigenvalue weighted by Gasteiger charge is 2.00. The van der Waals surface area contributed by atoms with Gasteiger partial charge in [0.1, 0.15) is 5.82 Å². The number of nitrogens with zero attached hydrogens (tertiary/aromatic N) is 3. The molecule has 0 aliphatic heterocycles. The monoisotopic (exact) mass is 216 g/mol. The first kappa shape index (κ1) is 10.4. The Morgan fingerprint density at radius 1 is 1.31 bits per heavy atom. The van der Waals surface area contributed by atoms with E-state index in [1.165, 1.54) is 10.7 Å². The summed E-state index contributed by atoms with van der Waals surface area (Å²) in [5, 5.41) is 6.92. The van der Waals surface area contributed by atoms with Gasteiger partial charge in [-0.25, -0.2) is 9.67 Å². The van der Waals surface area contributed by atoms with Crippen LogP contribution >= 0.6 is 0 Å². The molecule has 0 spiro atoms. The Morgan fingerprint density at radius 2 is 2.19 bits per heavy atom. The Hall–Kier alpha value is -2.17. The van der Waals surface area contributed by atoms with Crippen LogP contribution in [0.15, 0.2) is 41.3 Å². The van der Waals surface area contributed by atoms with Crippen molar-refractivity contribution in [1.29, 1.82) is 0 Å². The smallest absolute Gasteiger partial charge is 0.267 e. The van der Waals surface area contributed by atoms with Crippen LogP contribution in [0, 0.1) is 0 Å². The summed E-state index contributed by atoms with van der Waals surface area (Å²) in [6.07, 6.45) is 1.59. The maximum absolute atomic E-state index is 11.4. The lowest BCUT2D eigenvalue weighted by atomic mass is 10.3. The number of nitrogens with one attached hydrogen (secondary N) is 1. The molecule has 0 aromatic carbocycles. The first-order chi connectivity index (χ1) is 7.79. The molecule has 1 N–H and O–H groups in total. The van der Waals surface area contributed by atoms with Gasteiger partial charge in [-0.2, -0.15) is 5.10 Å². The summed E-state index contributed by atoms with van der Waals surface area (Å²) in [5.41, 5.74) is 0.673. The van der Waals surface area contributed by atoms with E-state index in [0.29, 0.717) is 6.54 Å². The molecule has 0 saturated carbocycles. The third-order valence-corrected chi connectivity index (χ3v) is 2.16. The number of pyridine rings is 1. The molecule has 0 unspecified atom stereocenters. The maximum Gasteiger partial charge on any atom is 0.267 e. The van der Waals surface area contributed by atoms with Crippen molar-refractivity contribution >= 4 is 5.82 Å². The van der Waals surface area contributed by atoms with E-state index in [9.17, 15) is 4.79 Å². The van der Waals surface area contributed by atoms with Crippen molar-refractivity contribution in [3.63, 3.8) is 0 Å². The van der Waals surface area contributed by atoms with Crippen molar-refractivity contribution in [3.05, 3.63) is 52.6 Å². The molecule has 16 heavy (non-hydrogen) atoms. The van der Waals surface area contributed by atoms with Crippen molar-refractivity contribution in [2.45, 2.75) is 6.54 Å². The van der Waals surface area contributed by atoms with Gasteiger partial charge >= 0.3 is 0 Å². The van der Waals surface area contributed by atoms with Gasteiger partial charge in [-0.3, -0.25) is 4.79 Å². The number of rotatable bonds is 3. The Balaban J connectivity index is 2.27. The van der Waals surface area contributed by atoms with Crippen molar-refractivity contribution in [2.75, 3.05) is 12.4 Å². The molecule has 5 nitrogen and oxygen atoms in total. The molecular formula is C11H12N4O. The molecular weight excluding hydrogens is 204 g/mol. The maximum atomic E-state index is 11.4. The summed E-state index contributed by atoms with van der Waals surface area (Å²) in [5.74, 6) is 0.779. The molecule has 82 valence electrons. The van der Waals surface area contributed by atoms with Gasteiger partial charge in [0.15, 0.2) is 0 Å². The molecule has 0 aliphatic carbocycles. The highest BCUT2D eigenvalue weighted by Crippen LogP contribution is 2.03. The summed E-state index contributed by atoms with van der Waals surface area (Å²) in [7, 11) is 1.80. The van der Waals surface area contributed by atoms with Gasteiger partial charge in [-0.1, -0.05) is 6.07 Å². The van der Waals surface area contributed by atoms with Gasteiger partial charge in [0.05, 0.1) is 12.2 Å². The van der Waals surface area contributed by atoms with Crippen LogP contribution in [0.3, 0.4) is 0 Å². The van der Waals surface area contributed by atoms with E-state index in [2.05, 4.69) is 15.4 Å². The van der Waals surface area contributed by atoms with Crippen molar-refractivity contribution in [1.82, 2.24) is 14.8 Å². The molecule has 2 heterocycles. The summed E-state index contributed by atoms with van der Waals surface area (Å²) < 4.78 is 1.38. The zero-order chi connectivity index (χ0) is 11.4. The van der Waals surface area contributed by atoms with Gasteiger partial charge in [0.2, 0.25) is 0 Å². The van der Waals surface area contributed by atoms with E-state index in [1.807, 2.05) is 18.2 Å². The first-order valence-corrected chi connectivity index (χ1v) is 4.95. The largest absolute Gasteiger partial charge is 0.373 e. The van der Waals surface area contributed by atoms with Gasteiger partial charge < -0.3 is 5.32 Å². The number of anilines is 1. The Kier molecular flexibility index (Phi) is 2.95. The number of hydrogen-bond donors (Lipinski definition) is 1. The van der Waals surface area contributed by atoms with Crippen LogP contribution in [-0.4, -0.2) is 21.8 Å². The van der Waals surface area contributed by atoms with Gasteiger partial charge in [-0.15, -0.1) is 0 Å². The van der Waals surface area contributed by atoms with E-state index in [-0.39, 0.29) is 5.56 Å². The minimum Gasteiger partial charge on any atom is -0.373 e. The van der Waals surface area contributed by atoms with Crippen LogP contribution in [0.25, 0.3) is 0 Å². The van der Waals surface area contributed by atoms with E-state index < -0.39 is 0 Å². The van der Waals surface area contributed by atoms with E-state index in [0.717, 1.165) is 11.5 Å². The van der Waals surface area contributed by atoms with Crippen LogP contribution in [0.4, 0.5) is 5.82 Å². The molecule has 0 fully saturated rings. The lowest BCUT2D eigenvalue weighted by Gasteiger charge is -2.04. The molecule has 0 atom stereocenters. The minimum atomic E-state index is -0.126. The fourth-order valence-corrected chi connectivity index (χ4v) is 1.37. The van der Waals surface area contributed by atoms with Crippen LogP contribution < -0.4 is 10.9 Å². The van der Waals surface area contributed by atoms with Crippen molar-refractivity contribution < 1.29 is 0 Å². The quantitative estimate of drug-likeness (QED) is 0.821. The topological polar surface area (TPSA) is 59.8 Å². The van der Waals surface area contributed by atoms with Crippen LogP contribution in [0.5, 0.6) is 0 Å². The third-order valence-electron chi connectivity index (χ3n) is 2.16. The van der Waals surface area contributed by atoms with Gasteiger partial charge in [0, 0.05) is 19.3 Å². The standard InChI is InChI=1S/C11H12N4O/c1-12-10-5-2-4-9(14-10)8-15-11(16)6-3-7-13-15/h2-7H,8H2,1H3,(H,12,14). The van der Waals surface area contributed by atoms with Crippen molar-refractivity contribution in [2.24, 2.45) is 0 Å². The predicted molar refractivity (Wildman–Crippen MR) is 61.4 cm³/mol. The average Bonchev–Trinajstić information content (AvgIpc) is 2.32. The SMILES string of the molecule is CNc1cccc(Cn2ncccc2=O)n1. The number of hydrogen-bond acceptors (Lipinski definition) is 4. The Labute approximate surface area is 92.8 Å². The molecule has 0 bridgehead atoms. The fourth-order valence-electron chi connectivity index (χ4n) is 1.37. The highest BCUT2D eigenvalue weighted by molar-refractivity contribution is 5.34. The summed E-state index contributed by atoms with van der Waals surface area (Å²) in [4.78, 5) is 15.8. The van der Waals surface area contributed by atoms with Crippen LogP contribution in [0.1, 0.15) is 5.69 Å². The zero-order valence-corrected chi connectivity index (χ0v) is 8.92. The molecule has 2 aromatic heterocycles.